The van der Waals surface area contributed by atoms with Crippen LogP contribution in [0.25, 0.3) is 100 Å². The zero-order chi connectivity index (χ0) is 40.5. The number of rotatable bonds is 6. The quantitative estimate of drug-likeness (QED) is 0.169. The van der Waals surface area contributed by atoms with Gasteiger partial charge in [-0.2, -0.15) is 0 Å². The lowest BCUT2D eigenvalue weighted by atomic mass is 9.99. The average molecular weight is 773 g/mol. The van der Waals surface area contributed by atoms with Gasteiger partial charge >= 0.3 is 0 Å². The minimum Gasteiger partial charge on any atom is -0.309 e. The predicted octanol–water partition coefficient (Wildman–Crippen LogP) is 13.4. The van der Waals surface area contributed by atoms with Crippen molar-refractivity contribution in [1.29, 1.82) is 0 Å². The average Bonchev–Trinajstić information content (AvgIpc) is 3.77. The third-order valence-electron chi connectivity index (χ3n) is 11.7. The molecule has 0 amide bonds. The number of benzene rings is 7. The van der Waals surface area contributed by atoms with Gasteiger partial charge in [0, 0.05) is 55.6 Å². The molecule has 0 saturated heterocycles. The fraction of sp³-hybridized carbons (Fsp3) is 0.0741. The smallest absolute Gasteiger partial charge is 0.164 e. The molecule has 0 unspecified atom stereocenters. The Balaban J connectivity index is 1.22. The second-order valence-electron chi connectivity index (χ2n) is 15.9. The first-order valence-corrected chi connectivity index (χ1v) is 20.4. The van der Waals surface area contributed by atoms with Crippen LogP contribution >= 0.6 is 0 Å². The highest BCUT2D eigenvalue weighted by molar-refractivity contribution is 6.12. The van der Waals surface area contributed by atoms with Crippen molar-refractivity contribution in [3.05, 3.63) is 192 Å². The summed E-state index contributed by atoms with van der Waals surface area (Å²) in [6, 6.07) is 56.1. The van der Waals surface area contributed by atoms with Crippen LogP contribution in [0.3, 0.4) is 0 Å². The number of fused-ring (bicyclic) bond motifs is 6. The largest absolute Gasteiger partial charge is 0.309 e. The van der Waals surface area contributed by atoms with Gasteiger partial charge in [-0.15, -0.1) is 0 Å². The molecule has 0 aliphatic heterocycles. The van der Waals surface area contributed by atoms with Crippen molar-refractivity contribution in [2.24, 2.45) is 0 Å². The molecule has 11 rings (SSSR count). The van der Waals surface area contributed by atoms with E-state index in [4.69, 9.17) is 19.9 Å². The highest BCUT2D eigenvalue weighted by Gasteiger charge is 2.23. The second-order valence-corrected chi connectivity index (χ2v) is 15.9. The van der Waals surface area contributed by atoms with Crippen molar-refractivity contribution in [3.8, 4) is 56.7 Å². The molecule has 6 nitrogen and oxygen atoms in total. The van der Waals surface area contributed by atoms with Crippen LogP contribution in [0.1, 0.15) is 22.3 Å². The molecular formula is C54H40N6. The lowest BCUT2D eigenvalue weighted by Crippen LogP contribution is -2.04. The maximum absolute atomic E-state index is 5.17. The van der Waals surface area contributed by atoms with Gasteiger partial charge in [0.15, 0.2) is 17.5 Å². The van der Waals surface area contributed by atoms with Gasteiger partial charge in [-0.05, 0) is 88.4 Å². The fourth-order valence-electron chi connectivity index (χ4n) is 8.83. The summed E-state index contributed by atoms with van der Waals surface area (Å²) in [5.41, 5.74) is 16.3. The van der Waals surface area contributed by atoms with Crippen molar-refractivity contribution in [2.45, 2.75) is 27.7 Å². The van der Waals surface area contributed by atoms with E-state index in [1.807, 2.05) is 73.1 Å². The zero-order valence-corrected chi connectivity index (χ0v) is 33.8. The van der Waals surface area contributed by atoms with Crippen LogP contribution in [0.5, 0.6) is 0 Å². The minimum atomic E-state index is 0.603. The van der Waals surface area contributed by atoms with Gasteiger partial charge in [0.2, 0.25) is 0 Å². The van der Waals surface area contributed by atoms with Gasteiger partial charge < -0.3 is 9.13 Å². The normalized spacial score (nSPS) is 11.7. The molecule has 60 heavy (non-hydrogen) atoms. The Hall–Kier alpha value is -7.70. The van der Waals surface area contributed by atoms with E-state index in [0.717, 1.165) is 61.3 Å². The van der Waals surface area contributed by atoms with Crippen LogP contribution in [-0.2, 0) is 0 Å². The topological polar surface area (TPSA) is 61.4 Å². The third kappa shape index (κ3) is 5.87. The van der Waals surface area contributed by atoms with E-state index in [9.17, 15) is 0 Å². The monoisotopic (exact) mass is 772 g/mol. The molecule has 0 saturated carbocycles. The summed E-state index contributed by atoms with van der Waals surface area (Å²) < 4.78 is 4.80. The van der Waals surface area contributed by atoms with Gasteiger partial charge in [0.25, 0.3) is 0 Å². The van der Waals surface area contributed by atoms with Crippen LogP contribution in [0.2, 0.25) is 0 Å². The molecule has 0 atom stereocenters. The molecule has 0 spiro atoms. The van der Waals surface area contributed by atoms with Gasteiger partial charge in [-0.3, -0.25) is 4.98 Å². The summed E-state index contributed by atoms with van der Waals surface area (Å²) in [6.07, 6.45) is 3.91. The van der Waals surface area contributed by atoms with Gasteiger partial charge in [0.05, 0.1) is 39.6 Å². The first-order valence-electron chi connectivity index (χ1n) is 20.4. The van der Waals surface area contributed by atoms with Crippen molar-refractivity contribution in [2.75, 3.05) is 0 Å². The Morgan fingerprint density at radius 1 is 0.350 bits per heavy atom. The Labute approximate surface area is 348 Å². The molecule has 11 aromatic rings. The van der Waals surface area contributed by atoms with E-state index in [1.165, 1.54) is 43.8 Å². The molecule has 4 aromatic heterocycles. The third-order valence-corrected chi connectivity index (χ3v) is 11.7. The number of hydrogen-bond acceptors (Lipinski definition) is 4. The fourth-order valence-corrected chi connectivity index (χ4v) is 8.83. The second kappa shape index (κ2) is 14.0. The summed E-state index contributed by atoms with van der Waals surface area (Å²) in [5, 5.41) is 4.88. The molecule has 0 aliphatic rings. The molecule has 7 aromatic carbocycles. The van der Waals surface area contributed by atoms with E-state index in [2.05, 4.69) is 134 Å². The Bertz CT molecular complexity index is 3290. The number of hydrogen-bond donors (Lipinski definition) is 0. The molecule has 0 radical (unpaired) electrons. The van der Waals surface area contributed by atoms with E-state index in [1.54, 1.807) is 0 Å². The van der Waals surface area contributed by atoms with Gasteiger partial charge in [0.1, 0.15) is 0 Å². The molecule has 0 aliphatic carbocycles. The molecule has 286 valence electrons. The summed E-state index contributed by atoms with van der Waals surface area (Å²) in [4.78, 5) is 20.1. The molecule has 4 heterocycles. The SMILES string of the molecule is Cc1ccc2c(c1)c1cc(C)ccc1n2-c1cnccc1-c1ccc(-c2nc(-c3ccccc3)nc(-c3ccccc3)n2)cc1-n1c2ccc(C)cc2c2cc(C)ccc21. The van der Waals surface area contributed by atoms with Crippen LogP contribution < -0.4 is 0 Å². The molecule has 0 bridgehead atoms. The van der Waals surface area contributed by atoms with E-state index in [0.29, 0.717) is 17.5 Å². The van der Waals surface area contributed by atoms with Crippen LogP contribution in [0, 0.1) is 27.7 Å². The molecule has 0 fully saturated rings. The molecular weight excluding hydrogens is 733 g/mol. The van der Waals surface area contributed by atoms with Gasteiger partial charge in [-0.25, -0.2) is 15.0 Å². The van der Waals surface area contributed by atoms with E-state index < -0.39 is 0 Å². The predicted molar refractivity (Wildman–Crippen MR) is 247 cm³/mol. The lowest BCUT2D eigenvalue weighted by Gasteiger charge is -2.19. The maximum Gasteiger partial charge on any atom is 0.164 e. The lowest BCUT2D eigenvalue weighted by molar-refractivity contribution is 1.07. The summed E-state index contributed by atoms with van der Waals surface area (Å²) >= 11 is 0. The number of aryl methyl sites for hydroxylation is 4. The van der Waals surface area contributed by atoms with Gasteiger partial charge in [-0.1, -0.05) is 119 Å². The number of aromatic nitrogens is 6. The summed E-state index contributed by atoms with van der Waals surface area (Å²) in [7, 11) is 0. The first kappa shape index (κ1) is 35.5. The van der Waals surface area contributed by atoms with Crippen molar-refractivity contribution in [1.82, 2.24) is 29.1 Å². The van der Waals surface area contributed by atoms with E-state index >= 15 is 0 Å². The van der Waals surface area contributed by atoms with Crippen molar-refractivity contribution in [3.63, 3.8) is 0 Å². The molecule has 6 heteroatoms. The summed E-state index contributed by atoms with van der Waals surface area (Å²) in [6.45, 7) is 8.65. The Kier molecular flexibility index (Phi) is 8.27. The maximum atomic E-state index is 5.17. The van der Waals surface area contributed by atoms with E-state index in [-0.39, 0.29) is 0 Å². The Morgan fingerprint density at radius 3 is 1.20 bits per heavy atom. The van der Waals surface area contributed by atoms with Crippen LogP contribution in [-0.4, -0.2) is 29.1 Å². The van der Waals surface area contributed by atoms with Crippen LogP contribution in [0.4, 0.5) is 0 Å². The number of nitrogens with zero attached hydrogens (tertiary/aromatic N) is 6. The summed E-state index contributed by atoms with van der Waals surface area (Å²) in [5.74, 6) is 1.85. The molecule has 0 N–H and O–H groups in total. The van der Waals surface area contributed by atoms with Crippen molar-refractivity contribution >= 4 is 43.6 Å². The first-order chi connectivity index (χ1) is 29.4. The number of pyridine rings is 1. The van der Waals surface area contributed by atoms with Crippen molar-refractivity contribution < 1.29 is 0 Å². The minimum absolute atomic E-state index is 0.603. The van der Waals surface area contributed by atoms with Crippen LogP contribution in [0.15, 0.2) is 170 Å². The standard InChI is InChI=1S/C54H40N6/c1-33-15-21-46-42(27-33)43-28-34(2)16-22-47(43)59(46)50-31-39(54-57-52(37-11-7-5-8-12-37)56-53(58-54)38-13-9-6-10-14-38)19-20-40(50)41-25-26-55-32-51(41)60-48-23-17-35(3)29-44(48)45-30-36(4)18-24-49(45)60/h5-32H,1-4H3. The Morgan fingerprint density at radius 2 is 0.750 bits per heavy atom. The zero-order valence-electron chi connectivity index (χ0n) is 33.8. The highest BCUT2D eigenvalue weighted by Crippen LogP contribution is 2.42. The highest BCUT2D eigenvalue weighted by atomic mass is 15.0.